The van der Waals surface area contributed by atoms with Gasteiger partial charge in [0.2, 0.25) is 0 Å². The van der Waals surface area contributed by atoms with Gasteiger partial charge in [0, 0.05) is 13.1 Å². The summed E-state index contributed by atoms with van der Waals surface area (Å²) in [4.78, 5) is 13.7. The first kappa shape index (κ1) is 14.7. The van der Waals surface area contributed by atoms with Gasteiger partial charge in [0.1, 0.15) is 6.04 Å². The lowest BCUT2D eigenvalue weighted by atomic mass is 9.94. The maximum absolute atomic E-state index is 11.1. The van der Waals surface area contributed by atoms with Crippen LogP contribution in [0.25, 0.3) is 0 Å². The summed E-state index contributed by atoms with van der Waals surface area (Å²) in [6.07, 6.45) is 4.33. The summed E-state index contributed by atoms with van der Waals surface area (Å²) in [7, 11) is 0. The summed E-state index contributed by atoms with van der Waals surface area (Å²) in [6, 6.07) is -0.374. The number of carboxylic acids is 1. The zero-order chi connectivity index (χ0) is 13.1. The van der Waals surface area contributed by atoms with Crippen molar-refractivity contribution in [2.75, 3.05) is 19.3 Å². The van der Waals surface area contributed by atoms with Crippen LogP contribution in [0.2, 0.25) is 0 Å². The van der Waals surface area contributed by atoms with E-state index in [2.05, 4.69) is 0 Å². The Kier molecular flexibility index (Phi) is 5.22. The van der Waals surface area contributed by atoms with Gasteiger partial charge in [0.05, 0.1) is 9.74 Å². The van der Waals surface area contributed by atoms with Gasteiger partial charge < -0.3 is 10.8 Å². The molecule has 0 aromatic carbocycles. The highest BCUT2D eigenvalue weighted by Crippen LogP contribution is 2.35. The summed E-state index contributed by atoms with van der Waals surface area (Å²) in [5, 5.41) is 9.12. The number of hydrogen-bond acceptors (Lipinski definition) is 4. The number of piperidine rings is 1. The van der Waals surface area contributed by atoms with Crippen molar-refractivity contribution in [1.29, 1.82) is 0 Å². The van der Waals surface area contributed by atoms with E-state index in [1.54, 1.807) is 11.8 Å². The molecule has 1 aliphatic heterocycles. The van der Waals surface area contributed by atoms with Gasteiger partial charge in [0.15, 0.2) is 0 Å². The molecule has 1 atom stereocenters. The molecule has 17 heavy (non-hydrogen) atoms. The molecule has 1 rings (SSSR count). The number of thioether (sulfide) groups is 1. The van der Waals surface area contributed by atoms with Crippen molar-refractivity contribution in [1.82, 2.24) is 4.90 Å². The van der Waals surface area contributed by atoms with Gasteiger partial charge >= 0.3 is 5.97 Å². The number of hydrogen-bond donors (Lipinski definition) is 2. The van der Waals surface area contributed by atoms with Crippen molar-refractivity contribution in [2.45, 2.75) is 37.0 Å². The molecule has 0 amide bonds. The maximum Gasteiger partial charge on any atom is 0.320 e. The van der Waals surface area contributed by atoms with E-state index in [1.807, 2.05) is 18.1 Å². The number of nitrogens with zero attached hydrogens (tertiary/aromatic N) is 1. The first-order chi connectivity index (χ1) is 7.96. The van der Waals surface area contributed by atoms with E-state index in [1.165, 1.54) is 0 Å². The number of likely N-dealkylation sites (tertiary alicyclic amines) is 1. The Labute approximate surface area is 112 Å². The standard InChI is InChI=1S/C11H20N2O2S2/c1-3-8(9(14)15)13-6-4-11(17-2,5-7-13)10(12)16/h8H,3-7H2,1-2H3,(H2,12,16)(H,14,15). The normalized spacial score (nSPS) is 22.0. The van der Waals surface area contributed by atoms with E-state index in [0.717, 1.165) is 25.9 Å². The molecule has 0 spiro atoms. The molecule has 1 unspecified atom stereocenters. The number of aliphatic carboxylic acids is 1. The average Bonchev–Trinajstić information content (AvgIpc) is 2.30. The van der Waals surface area contributed by atoms with Crippen molar-refractivity contribution < 1.29 is 9.90 Å². The fourth-order valence-electron chi connectivity index (χ4n) is 2.34. The Bertz CT molecular complexity index is 302. The van der Waals surface area contributed by atoms with Crippen LogP contribution in [0.5, 0.6) is 0 Å². The molecule has 3 N–H and O–H groups in total. The van der Waals surface area contributed by atoms with Gasteiger partial charge in [-0.2, -0.15) is 11.8 Å². The highest BCUT2D eigenvalue weighted by Gasteiger charge is 2.39. The topological polar surface area (TPSA) is 66.6 Å². The van der Waals surface area contributed by atoms with Gasteiger partial charge in [-0.3, -0.25) is 9.69 Å². The highest BCUT2D eigenvalue weighted by atomic mass is 32.2. The molecule has 6 heteroatoms. The largest absolute Gasteiger partial charge is 0.480 e. The van der Waals surface area contributed by atoms with Crippen LogP contribution in [-0.4, -0.2) is 51.1 Å². The van der Waals surface area contributed by atoms with E-state index in [9.17, 15) is 4.79 Å². The third-order valence-corrected chi connectivity index (χ3v) is 5.49. The van der Waals surface area contributed by atoms with E-state index in [0.29, 0.717) is 11.4 Å². The zero-order valence-electron chi connectivity index (χ0n) is 10.3. The van der Waals surface area contributed by atoms with Crippen LogP contribution in [0.3, 0.4) is 0 Å². The molecule has 1 aliphatic rings. The molecule has 1 saturated heterocycles. The second kappa shape index (κ2) is 6.02. The maximum atomic E-state index is 11.1. The number of carboxylic acid groups (broad SMARTS) is 1. The quantitative estimate of drug-likeness (QED) is 0.739. The van der Waals surface area contributed by atoms with Crippen molar-refractivity contribution in [3.8, 4) is 0 Å². The molecule has 98 valence electrons. The summed E-state index contributed by atoms with van der Waals surface area (Å²) in [5.74, 6) is -0.737. The SMILES string of the molecule is CCC(C(=O)O)N1CCC(SC)(C(N)=S)CC1. The Morgan fingerprint density at radius 3 is 2.41 bits per heavy atom. The predicted molar refractivity (Wildman–Crippen MR) is 75.6 cm³/mol. The van der Waals surface area contributed by atoms with E-state index >= 15 is 0 Å². The number of rotatable bonds is 5. The van der Waals surface area contributed by atoms with Crippen LogP contribution in [0.4, 0.5) is 0 Å². The van der Waals surface area contributed by atoms with Crippen LogP contribution >= 0.6 is 24.0 Å². The van der Waals surface area contributed by atoms with Crippen LogP contribution in [0, 0.1) is 0 Å². The lowest BCUT2D eigenvalue weighted by Gasteiger charge is -2.41. The van der Waals surface area contributed by atoms with Crippen molar-refractivity contribution in [2.24, 2.45) is 5.73 Å². The molecule has 0 aromatic rings. The molecule has 1 fully saturated rings. The summed E-state index contributed by atoms with van der Waals surface area (Å²) >= 11 is 6.82. The van der Waals surface area contributed by atoms with Gasteiger partial charge in [-0.1, -0.05) is 19.1 Å². The third kappa shape index (κ3) is 3.11. The second-order valence-electron chi connectivity index (χ2n) is 4.36. The van der Waals surface area contributed by atoms with Gasteiger partial charge in [0.25, 0.3) is 0 Å². The fourth-order valence-corrected chi connectivity index (χ4v) is 3.58. The molecule has 0 radical (unpaired) electrons. The fraction of sp³-hybridized carbons (Fsp3) is 0.818. The Morgan fingerprint density at radius 2 is 2.12 bits per heavy atom. The highest BCUT2D eigenvalue weighted by molar-refractivity contribution is 8.02. The minimum atomic E-state index is -0.737. The van der Waals surface area contributed by atoms with Crippen LogP contribution in [0.1, 0.15) is 26.2 Å². The molecular formula is C11H20N2O2S2. The molecule has 0 bridgehead atoms. The average molecular weight is 276 g/mol. The zero-order valence-corrected chi connectivity index (χ0v) is 11.9. The van der Waals surface area contributed by atoms with Gasteiger partial charge in [-0.15, -0.1) is 0 Å². The first-order valence-electron chi connectivity index (χ1n) is 5.78. The van der Waals surface area contributed by atoms with Crippen LogP contribution in [-0.2, 0) is 4.79 Å². The van der Waals surface area contributed by atoms with Gasteiger partial charge in [-0.05, 0) is 25.5 Å². The minimum Gasteiger partial charge on any atom is -0.480 e. The Balaban J connectivity index is 2.67. The summed E-state index contributed by atoms with van der Waals surface area (Å²) in [5.41, 5.74) is 5.80. The Morgan fingerprint density at radius 1 is 1.59 bits per heavy atom. The number of thiocarbonyl (C=S) groups is 1. The molecule has 1 heterocycles. The second-order valence-corrected chi connectivity index (χ2v) is 5.99. The summed E-state index contributed by atoms with van der Waals surface area (Å²) in [6.45, 7) is 3.41. The monoisotopic (exact) mass is 276 g/mol. The van der Waals surface area contributed by atoms with E-state index in [4.69, 9.17) is 23.1 Å². The number of carbonyl (C=O) groups is 1. The molecule has 0 saturated carbocycles. The molecular weight excluding hydrogens is 256 g/mol. The van der Waals surface area contributed by atoms with E-state index in [-0.39, 0.29) is 10.8 Å². The lowest BCUT2D eigenvalue weighted by molar-refractivity contribution is -0.143. The van der Waals surface area contributed by atoms with Crippen LogP contribution in [0.15, 0.2) is 0 Å². The smallest absolute Gasteiger partial charge is 0.320 e. The lowest BCUT2D eigenvalue weighted by Crippen LogP contribution is -2.53. The number of nitrogens with two attached hydrogens (primary N) is 1. The summed E-state index contributed by atoms with van der Waals surface area (Å²) < 4.78 is -0.136. The molecule has 0 aromatic heterocycles. The van der Waals surface area contributed by atoms with Gasteiger partial charge in [-0.25, -0.2) is 0 Å². The minimum absolute atomic E-state index is 0.136. The van der Waals surface area contributed by atoms with Crippen molar-refractivity contribution in [3.63, 3.8) is 0 Å². The predicted octanol–water partition coefficient (Wildman–Crippen LogP) is 1.33. The molecule has 4 nitrogen and oxygen atoms in total. The first-order valence-corrected chi connectivity index (χ1v) is 7.42. The van der Waals surface area contributed by atoms with E-state index < -0.39 is 5.97 Å². The van der Waals surface area contributed by atoms with Crippen molar-refractivity contribution in [3.05, 3.63) is 0 Å². The van der Waals surface area contributed by atoms with Crippen molar-refractivity contribution >= 4 is 34.9 Å². The van der Waals surface area contributed by atoms with Crippen LogP contribution < -0.4 is 5.73 Å². The Hall–Kier alpha value is -0.330. The molecule has 0 aliphatic carbocycles. The third-order valence-electron chi connectivity index (χ3n) is 3.56.